The lowest BCUT2D eigenvalue weighted by atomic mass is 9.76. The van der Waals surface area contributed by atoms with E-state index < -0.39 is 28.5 Å². The molecule has 1 unspecified atom stereocenters. The number of halogens is 2. The SMILES string of the molecule is CC(C)(C)OC(=O)N1CCC2(CCC(c3cnc4ccc(Oc5c(F)ccc(F)c5C#N)cc4c3)C2)CC1. The van der Waals surface area contributed by atoms with Crippen LogP contribution >= 0.6 is 0 Å². The molecule has 2 aliphatic rings. The lowest BCUT2D eigenvalue weighted by Crippen LogP contribution is -2.44. The number of hydrogen-bond acceptors (Lipinski definition) is 5. The van der Waals surface area contributed by atoms with Crippen LogP contribution in [-0.2, 0) is 4.74 Å². The summed E-state index contributed by atoms with van der Waals surface area (Å²) in [7, 11) is 0. The second-order valence-corrected chi connectivity index (χ2v) is 11.5. The molecule has 1 aromatic heterocycles. The number of pyridine rings is 1. The molecule has 1 saturated carbocycles. The molecular weight excluding hydrogens is 488 g/mol. The Morgan fingerprint density at radius 3 is 2.55 bits per heavy atom. The number of carbonyl (C=O) groups excluding carboxylic acids is 1. The molecule has 0 bridgehead atoms. The quantitative estimate of drug-likeness (QED) is 0.359. The van der Waals surface area contributed by atoms with Crippen LogP contribution in [0.25, 0.3) is 10.9 Å². The number of rotatable bonds is 3. The largest absolute Gasteiger partial charge is 0.453 e. The van der Waals surface area contributed by atoms with Crippen LogP contribution in [0.3, 0.4) is 0 Å². The fourth-order valence-electron chi connectivity index (χ4n) is 5.70. The van der Waals surface area contributed by atoms with E-state index in [2.05, 4.69) is 11.1 Å². The van der Waals surface area contributed by atoms with E-state index in [0.29, 0.717) is 24.8 Å². The fraction of sp³-hybridized carbons (Fsp3) is 0.433. The van der Waals surface area contributed by atoms with Crippen molar-refractivity contribution in [2.24, 2.45) is 5.41 Å². The van der Waals surface area contributed by atoms with Crippen molar-refractivity contribution in [2.45, 2.75) is 64.4 Å². The molecule has 38 heavy (non-hydrogen) atoms. The molecule has 5 rings (SSSR count). The minimum absolute atomic E-state index is 0.214. The first-order chi connectivity index (χ1) is 18.1. The number of likely N-dealkylation sites (tertiary alicyclic amines) is 1. The van der Waals surface area contributed by atoms with E-state index in [4.69, 9.17) is 9.47 Å². The third-order valence-corrected chi connectivity index (χ3v) is 7.71. The average molecular weight is 520 g/mol. The first kappa shape index (κ1) is 25.9. The van der Waals surface area contributed by atoms with Crippen LogP contribution in [0.2, 0.25) is 0 Å². The summed E-state index contributed by atoms with van der Waals surface area (Å²) in [5.41, 5.74) is 1.15. The Labute approximate surface area is 221 Å². The summed E-state index contributed by atoms with van der Waals surface area (Å²) in [6.07, 6.45) is 6.80. The Hall–Kier alpha value is -3.73. The standard InChI is InChI=1S/C30H31F2N3O3/c1-29(2,3)38-28(36)35-12-10-30(11-13-35)9-8-19(16-30)21-14-20-15-22(4-7-26(20)34-18-21)37-27-23(17-33)24(31)5-6-25(27)32/h4-7,14-15,18-19H,8-13,16H2,1-3H3. The molecule has 0 radical (unpaired) electrons. The van der Waals surface area contributed by atoms with Gasteiger partial charge in [0.05, 0.1) is 5.52 Å². The zero-order valence-electron chi connectivity index (χ0n) is 21.9. The number of hydrogen-bond donors (Lipinski definition) is 0. The molecule has 1 atom stereocenters. The maximum absolute atomic E-state index is 14.3. The van der Waals surface area contributed by atoms with E-state index in [1.54, 1.807) is 24.3 Å². The van der Waals surface area contributed by atoms with E-state index in [1.165, 1.54) is 0 Å². The number of nitriles is 1. The highest BCUT2D eigenvalue weighted by Gasteiger charge is 2.43. The van der Waals surface area contributed by atoms with Gasteiger partial charge in [0, 0.05) is 24.7 Å². The van der Waals surface area contributed by atoms with Crippen molar-refractivity contribution < 1.29 is 23.0 Å². The number of nitrogens with zero attached hydrogens (tertiary/aromatic N) is 3. The number of fused-ring (bicyclic) bond motifs is 1. The lowest BCUT2D eigenvalue weighted by molar-refractivity contribution is 0.0105. The van der Waals surface area contributed by atoms with Gasteiger partial charge >= 0.3 is 6.09 Å². The highest BCUT2D eigenvalue weighted by molar-refractivity contribution is 5.81. The summed E-state index contributed by atoms with van der Waals surface area (Å²) in [5, 5.41) is 10.1. The van der Waals surface area contributed by atoms with Crippen LogP contribution < -0.4 is 4.74 Å². The van der Waals surface area contributed by atoms with Crippen LogP contribution in [0.4, 0.5) is 13.6 Å². The predicted octanol–water partition coefficient (Wildman–Crippen LogP) is 7.46. The number of piperidine rings is 1. The smallest absolute Gasteiger partial charge is 0.410 e. The lowest BCUT2D eigenvalue weighted by Gasteiger charge is -2.40. The second kappa shape index (κ2) is 9.86. The summed E-state index contributed by atoms with van der Waals surface area (Å²) in [6.45, 7) is 7.06. The second-order valence-electron chi connectivity index (χ2n) is 11.5. The van der Waals surface area contributed by atoms with Crippen LogP contribution in [0, 0.1) is 28.4 Å². The maximum Gasteiger partial charge on any atom is 0.410 e. The van der Waals surface area contributed by atoms with E-state index >= 15 is 0 Å². The monoisotopic (exact) mass is 519 g/mol. The highest BCUT2D eigenvalue weighted by atomic mass is 19.1. The molecule has 2 heterocycles. The van der Waals surface area contributed by atoms with Gasteiger partial charge < -0.3 is 14.4 Å². The molecule has 198 valence electrons. The van der Waals surface area contributed by atoms with Crippen LogP contribution in [-0.4, -0.2) is 34.7 Å². The molecular formula is C30H31F2N3O3. The van der Waals surface area contributed by atoms with Crippen molar-refractivity contribution in [3.63, 3.8) is 0 Å². The highest BCUT2D eigenvalue weighted by Crippen LogP contribution is 2.52. The third kappa shape index (κ3) is 5.28. The predicted molar refractivity (Wildman–Crippen MR) is 139 cm³/mol. The average Bonchev–Trinajstić information content (AvgIpc) is 3.28. The third-order valence-electron chi connectivity index (χ3n) is 7.71. The van der Waals surface area contributed by atoms with Crippen molar-refractivity contribution in [1.29, 1.82) is 5.26 Å². The molecule has 1 aliphatic carbocycles. The number of aromatic nitrogens is 1. The number of ether oxygens (including phenoxy) is 2. The molecule has 2 aromatic carbocycles. The molecule has 1 amide bonds. The minimum Gasteiger partial charge on any atom is -0.453 e. The van der Waals surface area contributed by atoms with Crippen molar-refractivity contribution in [3.8, 4) is 17.6 Å². The Morgan fingerprint density at radius 2 is 1.84 bits per heavy atom. The molecule has 3 aromatic rings. The van der Waals surface area contributed by atoms with Gasteiger partial charge in [-0.25, -0.2) is 13.6 Å². The summed E-state index contributed by atoms with van der Waals surface area (Å²) < 4.78 is 39.5. The van der Waals surface area contributed by atoms with Crippen molar-refractivity contribution >= 4 is 17.0 Å². The number of carbonyl (C=O) groups is 1. The minimum atomic E-state index is -0.833. The molecule has 1 spiro atoms. The first-order valence-corrected chi connectivity index (χ1v) is 13.0. The summed E-state index contributed by atoms with van der Waals surface area (Å²) in [6, 6.07) is 10.7. The molecule has 2 fully saturated rings. The Bertz CT molecular complexity index is 1420. The Morgan fingerprint density at radius 1 is 1.11 bits per heavy atom. The molecule has 1 aliphatic heterocycles. The van der Waals surface area contributed by atoms with E-state index in [-0.39, 0.29) is 11.5 Å². The molecule has 1 saturated heterocycles. The van der Waals surface area contributed by atoms with E-state index in [9.17, 15) is 18.8 Å². The number of benzene rings is 2. The Balaban J connectivity index is 1.30. The van der Waals surface area contributed by atoms with Crippen LogP contribution in [0.5, 0.6) is 11.5 Å². The van der Waals surface area contributed by atoms with E-state index in [0.717, 1.165) is 60.7 Å². The van der Waals surface area contributed by atoms with Crippen LogP contribution in [0.1, 0.15) is 69.9 Å². The van der Waals surface area contributed by atoms with Gasteiger partial charge in [0.25, 0.3) is 0 Å². The topological polar surface area (TPSA) is 75.4 Å². The summed E-state index contributed by atoms with van der Waals surface area (Å²) in [5.74, 6) is -1.40. The summed E-state index contributed by atoms with van der Waals surface area (Å²) >= 11 is 0. The van der Waals surface area contributed by atoms with E-state index in [1.807, 2.05) is 31.9 Å². The van der Waals surface area contributed by atoms with Gasteiger partial charge in [-0.3, -0.25) is 4.98 Å². The zero-order chi connectivity index (χ0) is 27.1. The van der Waals surface area contributed by atoms with Crippen molar-refractivity contribution in [3.05, 3.63) is 65.4 Å². The van der Waals surface area contributed by atoms with Gasteiger partial charge in [-0.05, 0) is 106 Å². The molecule has 0 N–H and O–H groups in total. The zero-order valence-corrected chi connectivity index (χ0v) is 21.9. The van der Waals surface area contributed by atoms with Gasteiger partial charge in [0.1, 0.15) is 28.8 Å². The van der Waals surface area contributed by atoms with Gasteiger partial charge in [-0.15, -0.1) is 0 Å². The molecule has 8 heteroatoms. The van der Waals surface area contributed by atoms with Gasteiger partial charge in [-0.1, -0.05) is 0 Å². The van der Waals surface area contributed by atoms with Crippen LogP contribution in [0.15, 0.2) is 42.6 Å². The fourth-order valence-corrected chi connectivity index (χ4v) is 5.70. The van der Waals surface area contributed by atoms with Crippen molar-refractivity contribution in [1.82, 2.24) is 9.88 Å². The molecule has 6 nitrogen and oxygen atoms in total. The van der Waals surface area contributed by atoms with Gasteiger partial charge in [0.2, 0.25) is 0 Å². The number of amides is 1. The normalized spacial score (nSPS) is 18.9. The van der Waals surface area contributed by atoms with Crippen molar-refractivity contribution in [2.75, 3.05) is 13.1 Å². The first-order valence-electron chi connectivity index (χ1n) is 13.0. The maximum atomic E-state index is 14.3. The Kier molecular flexibility index (Phi) is 6.72. The summed E-state index contributed by atoms with van der Waals surface area (Å²) in [4.78, 5) is 18.9. The van der Waals surface area contributed by atoms with Gasteiger partial charge in [-0.2, -0.15) is 5.26 Å². The van der Waals surface area contributed by atoms with Gasteiger partial charge in [0.15, 0.2) is 11.6 Å².